The van der Waals surface area contributed by atoms with Crippen LogP contribution in [0.4, 0.5) is 18.9 Å². The van der Waals surface area contributed by atoms with Gasteiger partial charge in [0.05, 0.1) is 23.4 Å². The van der Waals surface area contributed by atoms with Crippen LogP contribution in [0.1, 0.15) is 43.6 Å². The second-order valence-electron chi connectivity index (χ2n) is 7.54. The Morgan fingerprint density at radius 1 is 1.13 bits per heavy atom. The van der Waals surface area contributed by atoms with Gasteiger partial charge in [0.15, 0.2) is 0 Å². The molecular weight excluding hydrogens is 391 g/mol. The van der Waals surface area contributed by atoms with Crippen LogP contribution < -0.4 is 10.5 Å². The zero-order chi connectivity index (χ0) is 21.9. The molecule has 1 atom stereocenters. The molecule has 2 aromatic carbocycles. The van der Waals surface area contributed by atoms with Crippen LogP contribution in [-0.4, -0.2) is 29.3 Å². The first-order valence-electron chi connectivity index (χ1n) is 10.1. The molecule has 0 fully saturated rings. The largest absolute Gasteiger partial charge is 0.390 e. The molecular formula is C23H26F3N3O. The van der Waals surface area contributed by atoms with E-state index in [-0.39, 0.29) is 18.1 Å². The van der Waals surface area contributed by atoms with E-state index in [4.69, 9.17) is 0 Å². The van der Waals surface area contributed by atoms with Crippen LogP contribution in [0.2, 0.25) is 0 Å². The number of hydrogen-bond acceptors (Lipinski definition) is 3. The number of rotatable bonds is 7. The average molecular weight is 417 g/mol. The lowest BCUT2D eigenvalue weighted by atomic mass is 10.0. The molecule has 0 aliphatic rings. The molecule has 30 heavy (non-hydrogen) atoms. The van der Waals surface area contributed by atoms with E-state index in [0.717, 1.165) is 18.4 Å². The summed E-state index contributed by atoms with van der Waals surface area (Å²) in [5.74, 6) is 0.618. The lowest BCUT2D eigenvalue weighted by molar-refractivity contribution is -0.132. The minimum Gasteiger partial charge on any atom is -0.374 e. The average Bonchev–Trinajstić information content (AvgIpc) is 2.71. The monoisotopic (exact) mass is 417 g/mol. The smallest absolute Gasteiger partial charge is 0.374 e. The van der Waals surface area contributed by atoms with Crippen molar-refractivity contribution in [2.24, 2.45) is 0 Å². The number of anilines is 1. The van der Waals surface area contributed by atoms with E-state index >= 15 is 0 Å². The highest BCUT2D eigenvalue weighted by Crippen LogP contribution is 2.26. The van der Waals surface area contributed by atoms with Crippen molar-refractivity contribution in [3.05, 3.63) is 70.3 Å². The summed E-state index contributed by atoms with van der Waals surface area (Å²) in [5.41, 5.74) is 1.97. The molecule has 1 aromatic heterocycles. The van der Waals surface area contributed by atoms with Gasteiger partial charge in [-0.05, 0) is 37.1 Å². The summed E-state index contributed by atoms with van der Waals surface area (Å²) < 4.78 is 39.4. The van der Waals surface area contributed by atoms with E-state index in [1.54, 1.807) is 29.8 Å². The Kier molecular flexibility index (Phi) is 6.48. The molecule has 0 radical (unpaired) electrons. The van der Waals surface area contributed by atoms with Crippen LogP contribution in [0.25, 0.3) is 10.9 Å². The van der Waals surface area contributed by atoms with Gasteiger partial charge in [0.2, 0.25) is 0 Å². The third-order valence-electron chi connectivity index (χ3n) is 5.29. The first-order chi connectivity index (χ1) is 14.2. The second kappa shape index (κ2) is 8.90. The first-order valence-corrected chi connectivity index (χ1v) is 10.1. The third kappa shape index (κ3) is 4.83. The highest BCUT2D eigenvalue weighted by atomic mass is 19.4. The molecule has 7 heteroatoms. The SMILES string of the molecule is CCCC(c1ccccc1)n1c(C)nc2ccc(N(C)CCC(F)(F)F)cc2c1=O. The topological polar surface area (TPSA) is 38.1 Å². The maximum Gasteiger partial charge on any atom is 0.390 e. The summed E-state index contributed by atoms with van der Waals surface area (Å²) in [6.45, 7) is 3.71. The zero-order valence-corrected chi connectivity index (χ0v) is 17.4. The first kappa shape index (κ1) is 21.9. The molecule has 0 saturated carbocycles. The van der Waals surface area contributed by atoms with Gasteiger partial charge in [-0.25, -0.2) is 4.98 Å². The molecule has 4 nitrogen and oxygen atoms in total. The maximum atomic E-state index is 13.5. The fourth-order valence-electron chi connectivity index (χ4n) is 3.72. The summed E-state index contributed by atoms with van der Waals surface area (Å²) in [5, 5.41) is 0.411. The highest BCUT2D eigenvalue weighted by molar-refractivity contribution is 5.82. The standard InChI is InChI=1S/C23H26F3N3O/c1-4-8-21(17-9-6-5-7-10-17)29-16(2)27-20-12-11-18(15-19(20)22(29)30)28(3)14-13-23(24,25)26/h5-7,9-12,15,21H,4,8,13-14H2,1-3H3. The number of alkyl halides is 3. The van der Waals surface area contributed by atoms with Crippen molar-refractivity contribution in [2.75, 3.05) is 18.5 Å². The molecule has 160 valence electrons. The number of aryl methyl sites for hydroxylation is 1. The lowest BCUT2D eigenvalue weighted by Gasteiger charge is -2.23. The molecule has 0 bridgehead atoms. The van der Waals surface area contributed by atoms with Gasteiger partial charge >= 0.3 is 6.18 Å². The van der Waals surface area contributed by atoms with Crippen molar-refractivity contribution in [1.29, 1.82) is 0 Å². The van der Waals surface area contributed by atoms with Crippen molar-refractivity contribution in [3.8, 4) is 0 Å². The van der Waals surface area contributed by atoms with Crippen LogP contribution >= 0.6 is 0 Å². The van der Waals surface area contributed by atoms with Crippen molar-refractivity contribution >= 4 is 16.6 Å². The Bertz CT molecular complexity index is 1060. The number of benzene rings is 2. The number of halogens is 3. The van der Waals surface area contributed by atoms with Gasteiger partial charge in [-0.1, -0.05) is 43.7 Å². The Hall–Kier alpha value is -2.83. The van der Waals surface area contributed by atoms with Crippen LogP contribution in [-0.2, 0) is 0 Å². The summed E-state index contributed by atoms with van der Waals surface area (Å²) in [6.07, 6.45) is -3.46. The molecule has 3 rings (SSSR count). The van der Waals surface area contributed by atoms with Crippen molar-refractivity contribution in [2.45, 2.75) is 45.3 Å². The van der Waals surface area contributed by atoms with E-state index in [0.29, 0.717) is 22.4 Å². The summed E-state index contributed by atoms with van der Waals surface area (Å²) >= 11 is 0. The van der Waals surface area contributed by atoms with E-state index in [1.165, 1.54) is 4.90 Å². The van der Waals surface area contributed by atoms with E-state index in [1.807, 2.05) is 37.3 Å². The predicted molar refractivity (Wildman–Crippen MR) is 114 cm³/mol. The minimum absolute atomic E-state index is 0.146. The Morgan fingerprint density at radius 2 is 1.83 bits per heavy atom. The molecule has 0 aliphatic carbocycles. The lowest BCUT2D eigenvalue weighted by Crippen LogP contribution is -2.29. The fraction of sp³-hybridized carbons (Fsp3) is 0.391. The van der Waals surface area contributed by atoms with Gasteiger partial charge in [0, 0.05) is 19.3 Å². The van der Waals surface area contributed by atoms with Gasteiger partial charge < -0.3 is 4.90 Å². The predicted octanol–water partition coefficient (Wildman–Crippen LogP) is 5.48. The molecule has 0 spiro atoms. The summed E-state index contributed by atoms with van der Waals surface area (Å²) in [6, 6.07) is 14.7. The van der Waals surface area contributed by atoms with Crippen LogP contribution in [0.5, 0.6) is 0 Å². The van der Waals surface area contributed by atoms with Gasteiger partial charge in [0.25, 0.3) is 5.56 Å². The molecule has 0 aliphatic heterocycles. The zero-order valence-electron chi connectivity index (χ0n) is 17.4. The molecule has 0 N–H and O–H groups in total. The normalized spacial score (nSPS) is 12.9. The van der Waals surface area contributed by atoms with E-state index < -0.39 is 12.6 Å². The Morgan fingerprint density at radius 3 is 2.47 bits per heavy atom. The molecule has 1 heterocycles. The maximum absolute atomic E-state index is 13.5. The molecule has 0 saturated heterocycles. The molecule has 0 amide bonds. The van der Waals surface area contributed by atoms with Crippen LogP contribution in [0, 0.1) is 6.92 Å². The van der Waals surface area contributed by atoms with Crippen molar-refractivity contribution in [1.82, 2.24) is 9.55 Å². The fourth-order valence-corrected chi connectivity index (χ4v) is 3.72. The van der Waals surface area contributed by atoms with Gasteiger partial charge in [-0.2, -0.15) is 13.2 Å². The van der Waals surface area contributed by atoms with Gasteiger partial charge in [-0.15, -0.1) is 0 Å². The minimum atomic E-state index is -4.22. The quantitative estimate of drug-likeness (QED) is 0.511. The Labute approximate surface area is 174 Å². The van der Waals surface area contributed by atoms with E-state index in [2.05, 4.69) is 11.9 Å². The number of nitrogens with zero attached hydrogens (tertiary/aromatic N) is 3. The number of aromatic nitrogens is 2. The second-order valence-corrected chi connectivity index (χ2v) is 7.54. The van der Waals surface area contributed by atoms with Crippen LogP contribution in [0.15, 0.2) is 53.3 Å². The molecule has 1 unspecified atom stereocenters. The van der Waals surface area contributed by atoms with E-state index in [9.17, 15) is 18.0 Å². The van der Waals surface area contributed by atoms with Gasteiger partial charge in [-0.3, -0.25) is 9.36 Å². The Balaban J connectivity index is 2.07. The van der Waals surface area contributed by atoms with Crippen molar-refractivity contribution in [3.63, 3.8) is 0 Å². The highest BCUT2D eigenvalue weighted by Gasteiger charge is 2.27. The number of hydrogen-bond donors (Lipinski definition) is 0. The number of fused-ring (bicyclic) bond motifs is 1. The third-order valence-corrected chi connectivity index (χ3v) is 5.29. The van der Waals surface area contributed by atoms with Gasteiger partial charge in [0.1, 0.15) is 5.82 Å². The van der Waals surface area contributed by atoms with Crippen molar-refractivity contribution < 1.29 is 13.2 Å². The summed E-state index contributed by atoms with van der Waals surface area (Å²) in [4.78, 5) is 19.6. The summed E-state index contributed by atoms with van der Waals surface area (Å²) in [7, 11) is 1.59. The van der Waals surface area contributed by atoms with Crippen LogP contribution in [0.3, 0.4) is 0 Å². The molecule has 3 aromatic rings.